The third kappa shape index (κ3) is 3.49. The van der Waals surface area contributed by atoms with Crippen molar-refractivity contribution in [1.82, 2.24) is 0 Å². The van der Waals surface area contributed by atoms with Gasteiger partial charge in [-0.2, -0.15) is 0 Å². The van der Waals surface area contributed by atoms with E-state index in [1.807, 2.05) is 48.2 Å². The summed E-state index contributed by atoms with van der Waals surface area (Å²) in [5.41, 5.74) is 3.30. The molecule has 1 unspecified atom stereocenters. The molecule has 2 aliphatic heterocycles. The number of thioether (sulfide) groups is 1. The maximum atomic E-state index is 11.2. The van der Waals surface area contributed by atoms with E-state index in [0.717, 1.165) is 41.3 Å². The van der Waals surface area contributed by atoms with E-state index in [2.05, 4.69) is 47.4 Å². The number of para-hydroxylation sites is 1. The molecule has 5 nitrogen and oxygen atoms in total. The van der Waals surface area contributed by atoms with E-state index < -0.39 is 0 Å². The third-order valence-corrected chi connectivity index (χ3v) is 8.47. The average molecular weight is 469 g/mol. The van der Waals surface area contributed by atoms with Crippen LogP contribution in [0.5, 0.6) is 0 Å². The molecule has 34 heavy (non-hydrogen) atoms. The molecule has 170 valence electrons. The Morgan fingerprint density at radius 3 is 2.21 bits per heavy atom. The monoisotopic (exact) mass is 468 g/mol. The Labute approximate surface area is 202 Å². The van der Waals surface area contributed by atoms with Crippen molar-refractivity contribution in [2.45, 2.75) is 36.5 Å². The third-order valence-electron chi connectivity index (χ3n) is 6.85. The molecule has 3 aromatic rings. The fourth-order valence-electron chi connectivity index (χ4n) is 5.24. The van der Waals surface area contributed by atoms with Gasteiger partial charge in [-0.05, 0) is 36.6 Å². The topological polar surface area (TPSA) is 55.6 Å². The summed E-state index contributed by atoms with van der Waals surface area (Å²) in [6.07, 6.45) is 6.74. The van der Waals surface area contributed by atoms with Crippen LogP contribution in [-0.4, -0.2) is 9.79 Å². The van der Waals surface area contributed by atoms with Gasteiger partial charge < -0.3 is 4.74 Å². The van der Waals surface area contributed by atoms with Gasteiger partial charge in [-0.25, -0.2) is 0 Å². The average Bonchev–Trinajstić information content (AvgIpc) is 3.48. The fourth-order valence-corrected chi connectivity index (χ4v) is 6.97. The van der Waals surface area contributed by atoms with Crippen LogP contribution in [0.25, 0.3) is 5.76 Å². The first-order valence-electron chi connectivity index (χ1n) is 11.6. The predicted octanol–water partition coefficient (Wildman–Crippen LogP) is 7.44. The molecule has 0 amide bonds. The number of nitrogens with zero attached hydrogens (tertiary/aromatic N) is 2. The number of nitro benzene ring substituents is 1. The van der Waals surface area contributed by atoms with Crippen molar-refractivity contribution in [2.24, 2.45) is 0 Å². The molecule has 0 radical (unpaired) electrons. The van der Waals surface area contributed by atoms with E-state index in [4.69, 9.17) is 4.74 Å². The smallest absolute Gasteiger partial charge is 0.269 e. The predicted molar refractivity (Wildman–Crippen MR) is 136 cm³/mol. The lowest BCUT2D eigenvalue weighted by Gasteiger charge is -2.37. The SMILES string of the molecule is O=[N+]([O-])c1ccc(C2C=C(c3ccccc3)OC3=C2SC2(CCCC2)N3c2ccccc2)cc1. The molecular weight excluding hydrogens is 444 g/mol. The Kier molecular flexibility index (Phi) is 5.18. The van der Waals surface area contributed by atoms with Crippen molar-refractivity contribution in [2.75, 3.05) is 4.90 Å². The number of non-ortho nitro benzene ring substituents is 1. The minimum absolute atomic E-state index is 0.0315. The maximum absolute atomic E-state index is 11.2. The highest BCUT2D eigenvalue weighted by molar-refractivity contribution is 8.04. The van der Waals surface area contributed by atoms with Gasteiger partial charge in [-0.15, -0.1) is 0 Å². The van der Waals surface area contributed by atoms with Crippen LogP contribution >= 0.6 is 11.8 Å². The lowest BCUT2D eigenvalue weighted by atomic mass is 9.94. The van der Waals surface area contributed by atoms with Crippen molar-refractivity contribution in [3.8, 4) is 0 Å². The standard InChI is InChI=1S/C28H24N2O3S/c31-30(32)23-15-13-20(14-16-23)24-19-25(21-9-3-1-4-10-21)33-27-26(24)34-28(17-7-8-18-28)29(27)22-11-5-2-6-12-22/h1-6,9-16,19,24H,7-8,17-18H2. The summed E-state index contributed by atoms with van der Waals surface area (Å²) in [6, 6.07) is 27.6. The van der Waals surface area contributed by atoms with Gasteiger partial charge in [0.2, 0.25) is 5.88 Å². The van der Waals surface area contributed by atoms with Gasteiger partial charge in [0.15, 0.2) is 0 Å². The van der Waals surface area contributed by atoms with Gasteiger partial charge in [0.25, 0.3) is 5.69 Å². The highest BCUT2D eigenvalue weighted by Crippen LogP contribution is 2.61. The summed E-state index contributed by atoms with van der Waals surface area (Å²) in [7, 11) is 0. The summed E-state index contributed by atoms with van der Waals surface area (Å²) in [5.74, 6) is 1.68. The summed E-state index contributed by atoms with van der Waals surface area (Å²) < 4.78 is 6.70. The summed E-state index contributed by atoms with van der Waals surface area (Å²) in [4.78, 5) is 14.4. The first-order chi connectivity index (χ1) is 16.6. The molecule has 2 heterocycles. The molecule has 1 fully saturated rings. The van der Waals surface area contributed by atoms with Gasteiger partial charge in [-0.3, -0.25) is 15.0 Å². The van der Waals surface area contributed by atoms with Crippen molar-refractivity contribution in [3.05, 3.63) is 123 Å². The van der Waals surface area contributed by atoms with Crippen molar-refractivity contribution in [1.29, 1.82) is 0 Å². The number of anilines is 1. The number of hydrogen-bond acceptors (Lipinski definition) is 5. The molecule has 1 spiro atoms. The van der Waals surface area contributed by atoms with Crippen molar-refractivity contribution >= 4 is 28.9 Å². The number of allylic oxidation sites excluding steroid dienone is 2. The number of ether oxygens (including phenoxy) is 1. The molecule has 3 aromatic carbocycles. The molecule has 0 bridgehead atoms. The summed E-state index contributed by atoms with van der Waals surface area (Å²) in [6.45, 7) is 0. The Hall–Kier alpha value is -3.51. The lowest BCUT2D eigenvalue weighted by Crippen LogP contribution is -2.40. The van der Waals surface area contributed by atoms with Crippen LogP contribution in [0.3, 0.4) is 0 Å². The Balaban J connectivity index is 1.50. The number of hydrogen-bond donors (Lipinski definition) is 0. The van der Waals surface area contributed by atoms with E-state index >= 15 is 0 Å². The number of rotatable bonds is 4. The molecule has 0 saturated heterocycles. The van der Waals surface area contributed by atoms with Crippen LogP contribution in [0.2, 0.25) is 0 Å². The molecule has 6 rings (SSSR count). The molecule has 1 atom stereocenters. The van der Waals surface area contributed by atoms with Gasteiger partial charge in [0.05, 0.1) is 14.7 Å². The largest absolute Gasteiger partial charge is 0.440 e. The van der Waals surface area contributed by atoms with Crippen LogP contribution in [0.1, 0.15) is 42.7 Å². The van der Waals surface area contributed by atoms with Gasteiger partial charge >= 0.3 is 0 Å². The van der Waals surface area contributed by atoms with Gasteiger partial charge in [-0.1, -0.05) is 85.3 Å². The number of nitro groups is 1. The molecule has 0 N–H and O–H groups in total. The summed E-state index contributed by atoms with van der Waals surface area (Å²) in [5, 5.41) is 11.2. The maximum Gasteiger partial charge on any atom is 0.269 e. The van der Waals surface area contributed by atoms with E-state index in [1.54, 1.807) is 12.1 Å². The zero-order chi connectivity index (χ0) is 23.1. The van der Waals surface area contributed by atoms with Crippen LogP contribution < -0.4 is 4.90 Å². The van der Waals surface area contributed by atoms with Gasteiger partial charge in [0, 0.05) is 29.3 Å². The van der Waals surface area contributed by atoms with E-state index in [-0.39, 0.29) is 21.4 Å². The second-order valence-electron chi connectivity index (χ2n) is 8.92. The normalized spacial score (nSPS) is 20.8. The number of benzene rings is 3. The van der Waals surface area contributed by atoms with Crippen LogP contribution in [0.4, 0.5) is 11.4 Å². The summed E-state index contributed by atoms with van der Waals surface area (Å²) >= 11 is 1.92. The molecule has 3 aliphatic rings. The van der Waals surface area contributed by atoms with E-state index in [1.165, 1.54) is 17.7 Å². The quantitative estimate of drug-likeness (QED) is 0.294. The Morgan fingerprint density at radius 2 is 1.56 bits per heavy atom. The van der Waals surface area contributed by atoms with Crippen molar-refractivity contribution < 1.29 is 9.66 Å². The fraction of sp³-hybridized carbons (Fsp3) is 0.214. The highest BCUT2D eigenvalue weighted by atomic mass is 32.2. The molecular formula is C28H24N2O3S. The molecule has 0 aromatic heterocycles. The highest BCUT2D eigenvalue weighted by Gasteiger charge is 2.52. The van der Waals surface area contributed by atoms with Crippen molar-refractivity contribution in [3.63, 3.8) is 0 Å². The Morgan fingerprint density at radius 1 is 0.912 bits per heavy atom. The van der Waals surface area contributed by atoms with E-state index in [9.17, 15) is 10.1 Å². The molecule has 1 aliphatic carbocycles. The van der Waals surface area contributed by atoms with E-state index in [0.29, 0.717) is 0 Å². The first kappa shape index (κ1) is 21.1. The van der Waals surface area contributed by atoms with Gasteiger partial charge in [0.1, 0.15) is 5.76 Å². The molecule has 6 heteroatoms. The minimum atomic E-state index is -0.349. The Bertz CT molecular complexity index is 1280. The minimum Gasteiger partial charge on any atom is -0.440 e. The van der Waals surface area contributed by atoms with Crippen LogP contribution in [0.15, 0.2) is 102 Å². The van der Waals surface area contributed by atoms with Crippen LogP contribution in [-0.2, 0) is 4.74 Å². The molecule has 1 saturated carbocycles. The lowest BCUT2D eigenvalue weighted by molar-refractivity contribution is -0.384. The second-order valence-corrected chi connectivity index (χ2v) is 10.3. The second kappa shape index (κ2) is 8.37. The first-order valence-corrected chi connectivity index (χ1v) is 12.4. The zero-order valence-corrected chi connectivity index (χ0v) is 19.4. The zero-order valence-electron chi connectivity index (χ0n) is 18.6. The van der Waals surface area contributed by atoms with Crippen LogP contribution in [0, 0.1) is 10.1 Å².